The van der Waals surface area contributed by atoms with Gasteiger partial charge in [-0.3, -0.25) is 9.59 Å². The third kappa shape index (κ3) is 4.48. The number of hydrogen-bond acceptors (Lipinski definition) is 3. The van der Waals surface area contributed by atoms with E-state index in [9.17, 15) is 9.59 Å². The Balaban J connectivity index is 1.76. The number of methoxy groups -OCH3 is 1. The maximum atomic E-state index is 12.0. The van der Waals surface area contributed by atoms with E-state index in [2.05, 4.69) is 12.2 Å². The largest absolute Gasteiger partial charge is 0.497 e. The summed E-state index contributed by atoms with van der Waals surface area (Å²) in [6.45, 7) is 3.99. The maximum absolute atomic E-state index is 12.0. The van der Waals surface area contributed by atoms with Crippen molar-refractivity contribution in [3.63, 3.8) is 0 Å². The molecule has 1 fully saturated rings. The standard InChI is InChI=1S/C17H24N2O3/c1-13-7-10-19(11-8-13)17(21)16(20)18-9-6-14-4-3-5-15(12-14)22-2/h3-5,12-13H,6-11H2,1-2H3,(H,18,20). The summed E-state index contributed by atoms with van der Waals surface area (Å²) in [6.07, 6.45) is 2.62. The van der Waals surface area contributed by atoms with Crippen molar-refractivity contribution < 1.29 is 14.3 Å². The van der Waals surface area contributed by atoms with Gasteiger partial charge in [-0.2, -0.15) is 0 Å². The number of carbonyl (C=O) groups is 2. The monoisotopic (exact) mass is 304 g/mol. The number of benzene rings is 1. The summed E-state index contributed by atoms with van der Waals surface area (Å²) in [4.78, 5) is 25.6. The highest BCUT2D eigenvalue weighted by atomic mass is 16.5. The summed E-state index contributed by atoms with van der Waals surface area (Å²) in [7, 11) is 1.62. The molecule has 1 aliphatic heterocycles. The Morgan fingerprint density at radius 1 is 1.32 bits per heavy atom. The normalized spacial score (nSPS) is 15.5. The van der Waals surface area contributed by atoms with Crippen LogP contribution in [0.25, 0.3) is 0 Å². The molecule has 5 nitrogen and oxygen atoms in total. The van der Waals surface area contributed by atoms with Crippen molar-refractivity contribution in [2.45, 2.75) is 26.2 Å². The molecule has 0 saturated carbocycles. The first kappa shape index (κ1) is 16.3. The smallest absolute Gasteiger partial charge is 0.311 e. The summed E-state index contributed by atoms with van der Waals surface area (Å²) in [6, 6.07) is 7.70. The van der Waals surface area contributed by atoms with E-state index in [1.807, 2.05) is 24.3 Å². The Morgan fingerprint density at radius 2 is 2.05 bits per heavy atom. The topological polar surface area (TPSA) is 58.6 Å². The zero-order valence-corrected chi connectivity index (χ0v) is 13.3. The van der Waals surface area contributed by atoms with E-state index in [1.165, 1.54) is 0 Å². The molecule has 1 aliphatic rings. The van der Waals surface area contributed by atoms with Gasteiger partial charge in [0.05, 0.1) is 7.11 Å². The van der Waals surface area contributed by atoms with Crippen molar-refractivity contribution in [3.8, 4) is 5.75 Å². The van der Waals surface area contributed by atoms with Gasteiger partial charge in [0, 0.05) is 19.6 Å². The summed E-state index contributed by atoms with van der Waals surface area (Å²) < 4.78 is 5.16. The zero-order valence-electron chi connectivity index (χ0n) is 13.3. The fraction of sp³-hybridized carbons (Fsp3) is 0.529. The van der Waals surface area contributed by atoms with E-state index in [1.54, 1.807) is 12.0 Å². The minimum Gasteiger partial charge on any atom is -0.497 e. The quantitative estimate of drug-likeness (QED) is 0.860. The predicted molar refractivity (Wildman–Crippen MR) is 84.7 cm³/mol. The Kier molecular flexibility index (Phi) is 5.81. The van der Waals surface area contributed by atoms with E-state index >= 15 is 0 Å². The van der Waals surface area contributed by atoms with Crippen LogP contribution in [0.1, 0.15) is 25.3 Å². The predicted octanol–water partition coefficient (Wildman–Crippen LogP) is 1.61. The number of piperidine rings is 1. The summed E-state index contributed by atoms with van der Waals surface area (Å²) in [5, 5.41) is 2.71. The molecule has 120 valence electrons. The molecule has 1 aromatic carbocycles. The van der Waals surface area contributed by atoms with Crippen LogP contribution >= 0.6 is 0 Å². The Labute approximate surface area is 131 Å². The van der Waals surface area contributed by atoms with Gasteiger partial charge in [-0.05, 0) is 42.9 Å². The highest BCUT2D eigenvalue weighted by molar-refractivity contribution is 6.35. The number of ether oxygens (including phenoxy) is 1. The van der Waals surface area contributed by atoms with Crippen LogP contribution < -0.4 is 10.1 Å². The molecule has 0 atom stereocenters. The molecule has 22 heavy (non-hydrogen) atoms. The van der Waals surface area contributed by atoms with Gasteiger partial charge in [0.1, 0.15) is 5.75 Å². The number of carbonyl (C=O) groups excluding carboxylic acids is 2. The fourth-order valence-electron chi connectivity index (χ4n) is 2.58. The van der Waals surface area contributed by atoms with Gasteiger partial charge in [0.2, 0.25) is 0 Å². The van der Waals surface area contributed by atoms with Gasteiger partial charge in [-0.15, -0.1) is 0 Å². The average molecular weight is 304 g/mol. The van der Waals surface area contributed by atoms with Gasteiger partial charge in [-0.1, -0.05) is 19.1 Å². The van der Waals surface area contributed by atoms with Gasteiger partial charge in [-0.25, -0.2) is 0 Å². The molecule has 1 aromatic rings. The molecule has 2 rings (SSSR count). The number of nitrogens with one attached hydrogen (secondary N) is 1. The molecule has 0 aromatic heterocycles. The van der Waals surface area contributed by atoms with Gasteiger partial charge < -0.3 is 15.0 Å². The molecular formula is C17H24N2O3. The van der Waals surface area contributed by atoms with Crippen molar-refractivity contribution >= 4 is 11.8 Å². The number of likely N-dealkylation sites (tertiary alicyclic amines) is 1. The van der Waals surface area contributed by atoms with Crippen LogP contribution in [-0.2, 0) is 16.0 Å². The van der Waals surface area contributed by atoms with Gasteiger partial charge >= 0.3 is 11.8 Å². The molecule has 2 amide bonds. The van der Waals surface area contributed by atoms with Crippen molar-refractivity contribution in [1.82, 2.24) is 10.2 Å². The second kappa shape index (κ2) is 7.82. The number of hydrogen-bond donors (Lipinski definition) is 1. The number of amides is 2. The maximum Gasteiger partial charge on any atom is 0.311 e. The second-order valence-corrected chi connectivity index (χ2v) is 5.83. The van der Waals surface area contributed by atoms with Crippen LogP contribution in [-0.4, -0.2) is 43.5 Å². The molecule has 5 heteroatoms. The van der Waals surface area contributed by atoms with E-state index in [4.69, 9.17) is 4.74 Å². The molecule has 1 N–H and O–H groups in total. The highest BCUT2D eigenvalue weighted by Crippen LogP contribution is 2.16. The molecule has 0 radical (unpaired) electrons. The molecule has 0 aliphatic carbocycles. The van der Waals surface area contributed by atoms with Crippen molar-refractivity contribution in [2.75, 3.05) is 26.7 Å². The first-order chi connectivity index (χ1) is 10.6. The zero-order chi connectivity index (χ0) is 15.9. The third-order valence-electron chi connectivity index (χ3n) is 4.10. The Bertz CT molecular complexity index is 522. The van der Waals surface area contributed by atoms with Gasteiger partial charge in [0.15, 0.2) is 0 Å². The van der Waals surface area contributed by atoms with Crippen molar-refractivity contribution in [3.05, 3.63) is 29.8 Å². The summed E-state index contributed by atoms with van der Waals surface area (Å²) in [5.41, 5.74) is 1.07. The third-order valence-corrected chi connectivity index (χ3v) is 4.10. The fourth-order valence-corrected chi connectivity index (χ4v) is 2.58. The lowest BCUT2D eigenvalue weighted by Gasteiger charge is -2.29. The highest BCUT2D eigenvalue weighted by Gasteiger charge is 2.25. The second-order valence-electron chi connectivity index (χ2n) is 5.83. The molecule has 0 unspecified atom stereocenters. The van der Waals surface area contributed by atoms with Crippen molar-refractivity contribution in [1.29, 1.82) is 0 Å². The van der Waals surface area contributed by atoms with E-state index in [-0.39, 0.29) is 0 Å². The van der Waals surface area contributed by atoms with Crippen molar-refractivity contribution in [2.24, 2.45) is 5.92 Å². The molecule has 1 saturated heterocycles. The summed E-state index contributed by atoms with van der Waals surface area (Å²) in [5.74, 6) is 0.525. The molecule has 1 heterocycles. The first-order valence-corrected chi connectivity index (χ1v) is 7.80. The summed E-state index contributed by atoms with van der Waals surface area (Å²) >= 11 is 0. The van der Waals surface area contributed by atoms with E-state index < -0.39 is 11.8 Å². The van der Waals surface area contributed by atoms with Crippen LogP contribution in [0, 0.1) is 5.92 Å². The van der Waals surface area contributed by atoms with E-state index in [0.717, 1.165) is 24.2 Å². The van der Waals surface area contributed by atoms with Crippen LogP contribution in [0.4, 0.5) is 0 Å². The lowest BCUT2D eigenvalue weighted by Crippen LogP contribution is -2.46. The first-order valence-electron chi connectivity index (χ1n) is 7.80. The molecular weight excluding hydrogens is 280 g/mol. The SMILES string of the molecule is COc1cccc(CCNC(=O)C(=O)N2CCC(C)CC2)c1. The van der Waals surface area contributed by atoms with Gasteiger partial charge in [0.25, 0.3) is 0 Å². The van der Waals surface area contributed by atoms with E-state index in [0.29, 0.717) is 32.0 Å². The Morgan fingerprint density at radius 3 is 2.73 bits per heavy atom. The lowest BCUT2D eigenvalue weighted by molar-refractivity contribution is -0.146. The lowest BCUT2D eigenvalue weighted by atomic mass is 9.99. The number of nitrogens with zero attached hydrogens (tertiary/aromatic N) is 1. The molecule has 0 spiro atoms. The minimum absolute atomic E-state index is 0.405. The number of rotatable bonds is 4. The molecule has 0 bridgehead atoms. The van der Waals surface area contributed by atoms with Crippen LogP contribution in [0.2, 0.25) is 0 Å². The minimum atomic E-state index is -0.502. The van der Waals surface area contributed by atoms with Crippen LogP contribution in [0.5, 0.6) is 5.75 Å². The van der Waals surface area contributed by atoms with Crippen LogP contribution in [0.15, 0.2) is 24.3 Å². The Hall–Kier alpha value is -2.04. The van der Waals surface area contributed by atoms with Crippen LogP contribution in [0.3, 0.4) is 0 Å². The average Bonchev–Trinajstić information content (AvgIpc) is 2.55.